The normalized spacial score (nSPS) is 10.4. The maximum Gasteiger partial charge on any atom is 0.220 e. The molecular formula is C8H9N5O. The predicted octanol–water partition coefficient (Wildman–Crippen LogP) is 0.165. The molecule has 0 saturated carbocycles. The highest BCUT2D eigenvalue weighted by molar-refractivity contribution is 5.61. The van der Waals surface area contributed by atoms with E-state index in [1.54, 1.807) is 13.1 Å². The Kier molecular flexibility index (Phi) is 1.81. The smallest absolute Gasteiger partial charge is 0.220 e. The molecule has 0 saturated heterocycles. The summed E-state index contributed by atoms with van der Waals surface area (Å²) in [6.45, 7) is 0. The molecule has 0 aliphatic rings. The van der Waals surface area contributed by atoms with Gasteiger partial charge in [0, 0.05) is 13.2 Å². The zero-order chi connectivity index (χ0) is 10.1. The molecule has 0 aliphatic heterocycles. The molecule has 2 aromatic rings. The summed E-state index contributed by atoms with van der Waals surface area (Å²) in [5.74, 6) is 0.754. The summed E-state index contributed by atoms with van der Waals surface area (Å²) in [5, 5.41) is 13.4. The molecule has 3 N–H and O–H groups in total. The fourth-order valence-electron chi connectivity index (χ4n) is 1.09. The lowest BCUT2D eigenvalue weighted by Gasteiger charge is -1.98. The first-order chi connectivity index (χ1) is 6.68. The van der Waals surface area contributed by atoms with Gasteiger partial charge in [-0.15, -0.1) is 0 Å². The first-order valence-electron chi connectivity index (χ1n) is 3.98. The van der Waals surface area contributed by atoms with E-state index in [9.17, 15) is 5.11 Å². The van der Waals surface area contributed by atoms with Crippen LogP contribution in [0.5, 0.6) is 5.88 Å². The maximum absolute atomic E-state index is 9.56. The van der Waals surface area contributed by atoms with Crippen molar-refractivity contribution in [3.63, 3.8) is 0 Å². The second kappa shape index (κ2) is 2.99. The first kappa shape index (κ1) is 8.49. The van der Waals surface area contributed by atoms with Gasteiger partial charge in [-0.05, 0) is 6.07 Å². The molecule has 0 spiro atoms. The lowest BCUT2D eigenvalue weighted by molar-refractivity contribution is 0.420. The minimum atomic E-state index is 0.0237. The third kappa shape index (κ3) is 1.26. The minimum absolute atomic E-state index is 0.0237. The van der Waals surface area contributed by atoms with Crippen LogP contribution in [0.15, 0.2) is 18.5 Å². The molecule has 6 nitrogen and oxygen atoms in total. The standard InChI is InChI=1S/C8H9N5O/c1-13-8(14)5(4-11-13)7-10-3-2-6(9)12-7/h2-4,14H,1H3,(H2,9,10,12). The number of aromatic nitrogens is 4. The molecule has 2 rings (SSSR count). The number of nitrogen functional groups attached to an aromatic ring is 1. The van der Waals surface area contributed by atoms with Gasteiger partial charge in [-0.1, -0.05) is 0 Å². The van der Waals surface area contributed by atoms with Crippen molar-refractivity contribution >= 4 is 5.82 Å². The highest BCUT2D eigenvalue weighted by atomic mass is 16.3. The van der Waals surface area contributed by atoms with E-state index in [0.717, 1.165) is 0 Å². The summed E-state index contributed by atoms with van der Waals surface area (Å²) in [5.41, 5.74) is 5.96. The lowest BCUT2D eigenvalue weighted by atomic mass is 10.3. The van der Waals surface area contributed by atoms with Crippen molar-refractivity contribution in [1.29, 1.82) is 0 Å². The van der Waals surface area contributed by atoms with E-state index in [-0.39, 0.29) is 5.88 Å². The monoisotopic (exact) mass is 191 g/mol. The Balaban J connectivity index is 2.55. The Morgan fingerprint density at radius 1 is 1.50 bits per heavy atom. The Labute approximate surface area is 80.0 Å². The summed E-state index contributed by atoms with van der Waals surface area (Å²) in [6.07, 6.45) is 3.02. The van der Waals surface area contributed by atoms with Crippen LogP contribution in [0.25, 0.3) is 11.4 Å². The van der Waals surface area contributed by atoms with Crippen molar-refractivity contribution in [2.75, 3.05) is 5.73 Å². The highest BCUT2D eigenvalue weighted by Gasteiger charge is 2.11. The summed E-state index contributed by atoms with van der Waals surface area (Å²) < 4.78 is 1.34. The van der Waals surface area contributed by atoms with Crippen molar-refractivity contribution in [2.24, 2.45) is 7.05 Å². The first-order valence-corrected chi connectivity index (χ1v) is 3.98. The van der Waals surface area contributed by atoms with Gasteiger partial charge in [0.2, 0.25) is 5.88 Å². The molecule has 6 heteroatoms. The summed E-state index contributed by atoms with van der Waals surface area (Å²) in [6, 6.07) is 1.58. The van der Waals surface area contributed by atoms with E-state index in [2.05, 4.69) is 15.1 Å². The van der Waals surface area contributed by atoms with E-state index < -0.39 is 0 Å². The zero-order valence-corrected chi connectivity index (χ0v) is 7.55. The van der Waals surface area contributed by atoms with Crippen LogP contribution < -0.4 is 5.73 Å². The SMILES string of the molecule is Cn1ncc(-c2nccc(N)n2)c1O. The molecule has 0 atom stereocenters. The van der Waals surface area contributed by atoms with Gasteiger partial charge in [0.1, 0.15) is 11.4 Å². The second-order valence-electron chi connectivity index (χ2n) is 2.81. The average molecular weight is 191 g/mol. The van der Waals surface area contributed by atoms with Gasteiger partial charge in [-0.3, -0.25) is 0 Å². The molecule has 0 radical (unpaired) electrons. The van der Waals surface area contributed by atoms with Gasteiger partial charge < -0.3 is 10.8 Å². The Morgan fingerprint density at radius 2 is 2.29 bits per heavy atom. The van der Waals surface area contributed by atoms with Crippen LogP contribution >= 0.6 is 0 Å². The molecule has 0 aliphatic carbocycles. The largest absolute Gasteiger partial charge is 0.493 e. The van der Waals surface area contributed by atoms with Crippen molar-refractivity contribution in [3.05, 3.63) is 18.5 Å². The van der Waals surface area contributed by atoms with Crippen molar-refractivity contribution < 1.29 is 5.11 Å². The maximum atomic E-state index is 9.56. The van der Waals surface area contributed by atoms with Crippen LogP contribution in [0.2, 0.25) is 0 Å². The highest BCUT2D eigenvalue weighted by Crippen LogP contribution is 2.24. The Bertz CT molecular complexity index is 465. The number of hydrogen-bond donors (Lipinski definition) is 2. The molecular weight excluding hydrogens is 182 g/mol. The van der Waals surface area contributed by atoms with Gasteiger partial charge in [0.05, 0.1) is 6.20 Å². The van der Waals surface area contributed by atoms with Gasteiger partial charge in [-0.2, -0.15) is 5.10 Å². The van der Waals surface area contributed by atoms with E-state index >= 15 is 0 Å². The van der Waals surface area contributed by atoms with Crippen LogP contribution in [-0.2, 0) is 7.05 Å². The van der Waals surface area contributed by atoms with E-state index in [1.165, 1.54) is 17.1 Å². The molecule has 0 aromatic carbocycles. The van der Waals surface area contributed by atoms with Crippen LogP contribution in [-0.4, -0.2) is 24.9 Å². The average Bonchev–Trinajstić information content (AvgIpc) is 2.48. The third-order valence-corrected chi connectivity index (χ3v) is 1.83. The topological polar surface area (TPSA) is 89.9 Å². The molecule has 0 unspecified atom stereocenters. The van der Waals surface area contributed by atoms with Gasteiger partial charge in [0.25, 0.3) is 0 Å². The molecule has 0 amide bonds. The number of rotatable bonds is 1. The third-order valence-electron chi connectivity index (χ3n) is 1.83. The quantitative estimate of drug-likeness (QED) is 0.670. The number of anilines is 1. The lowest BCUT2D eigenvalue weighted by Crippen LogP contribution is -1.94. The number of aromatic hydroxyl groups is 1. The molecule has 0 fully saturated rings. The number of hydrogen-bond acceptors (Lipinski definition) is 5. The van der Waals surface area contributed by atoms with Crippen LogP contribution in [0.1, 0.15) is 0 Å². The van der Waals surface area contributed by atoms with Gasteiger partial charge in [0.15, 0.2) is 5.82 Å². The zero-order valence-electron chi connectivity index (χ0n) is 7.55. The van der Waals surface area contributed by atoms with E-state index in [1.807, 2.05) is 0 Å². The van der Waals surface area contributed by atoms with E-state index in [4.69, 9.17) is 5.73 Å². The number of aryl methyl sites for hydroxylation is 1. The van der Waals surface area contributed by atoms with Crippen LogP contribution in [0.3, 0.4) is 0 Å². The molecule has 2 heterocycles. The number of nitrogens with zero attached hydrogens (tertiary/aromatic N) is 4. The molecule has 0 bridgehead atoms. The number of nitrogens with two attached hydrogens (primary N) is 1. The predicted molar refractivity (Wildman–Crippen MR) is 50.3 cm³/mol. The fourth-order valence-corrected chi connectivity index (χ4v) is 1.09. The van der Waals surface area contributed by atoms with Crippen molar-refractivity contribution in [2.45, 2.75) is 0 Å². The Morgan fingerprint density at radius 3 is 2.86 bits per heavy atom. The van der Waals surface area contributed by atoms with Crippen LogP contribution in [0, 0.1) is 0 Å². The molecule has 2 aromatic heterocycles. The summed E-state index contributed by atoms with van der Waals surface area (Å²) in [7, 11) is 1.63. The Hall–Kier alpha value is -2.11. The van der Waals surface area contributed by atoms with Crippen molar-refractivity contribution in [3.8, 4) is 17.3 Å². The van der Waals surface area contributed by atoms with Gasteiger partial charge >= 0.3 is 0 Å². The van der Waals surface area contributed by atoms with E-state index in [0.29, 0.717) is 17.2 Å². The molecule has 72 valence electrons. The minimum Gasteiger partial charge on any atom is -0.493 e. The second-order valence-corrected chi connectivity index (χ2v) is 2.81. The summed E-state index contributed by atoms with van der Waals surface area (Å²) >= 11 is 0. The fraction of sp³-hybridized carbons (Fsp3) is 0.125. The molecule has 14 heavy (non-hydrogen) atoms. The van der Waals surface area contributed by atoms with Crippen LogP contribution in [0.4, 0.5) is 5.82 Å². The van der Waals surface area contributed by atoms with Crippen molar-refractivity contribution in [1.82, 2.24) is 19.7 Å². The summed E-state index contributed by atoms with van der Waals surface area (Å²) in [4.78, 5) is 7.95. The van der Waals surface area contributed by atoms with Gasteiger partial charge in [-0.25, -0.2) is 14.6 Å².